The van der Waals surface area contributed by atoms with Crippen molar-refractivity contribution in [1.82, 2.24) is 10.2 Å². The van der Waals surface area contributed by atoms with Gasteiger partial charge in [-0.05, 0) is 33.6 Å². The SMILES string of the molecule is COC(=O)C(CC(=O)N1CCC(C(N)=O)CC1)NC(=O)OC(C)(C)C. The molecule has 0 spiro atoms. The zero-order chi connectivity index (χ0) is 19.2. The van der Waals surface area contributed by atoms with Crippen molar-refractivity contribution in [1.29, 1.82) is 0 Å². The highest BCUT2D eigenvalue weighted by Crippen LogP contribution is 2.18. The molecule has 9 nitrogen and oxygen atoms in total. The minimum atomic E-state index is -1.14. The third kappa shape index (κ3) is 6.98. The summed E-state index contributed by atoms with van der Waals surface area (Å²) in [5.74, 6) is -1.65. The summed E-state index contributed by atoms with van der Waals surface area (Å²) in [6, 6.07) is -1.14. The smallest absolute Gasteiger partial charge is 0.408 e. The van der Waals surface area contributed by atoms with Crippen LogP contribution in [0.1, 0.15) is 40.0 Å². The summed E-state index contributed by atoms with van der Waals surface area (Å²) < 4.78 is 9.74. The number of methoxy groups -OCH3 is 1. The van der Waals surface area contributed by atoms with Gasteiger partial charge in [0.1, 0.15) is 11.6 Å². The molecule has 1 fully saturated rings. The Balaban J connectivity index is 2.63. The number of carbonyl (C=O) groups excluding carboxylic acids is 4. The van der Waals surface area contributed by atoms with E-state index >= 15 is 0 Å². The fourth-order valence-electron chi connectivity index (χ4n) is 2.50. The molecule has 0 aromatic carbocycles. The lowest BCUT2D eigenvalue weighted by Crippen LogP contribution is -2.48. The first kappa shape index (κ1) is 20.7. The maximum Gasteiger partial charge on any atom is 0.408 e. The third-order valence-electron chi connectivity index (χ3n) is 3.81. The van der Waals surface area contributed by atoms with Crippen molar-refractivity contribution in [2.45, 2.75) is 51.7 Å². The molecule has 0 aliphatic carbocycles. The summed E-state index contributed by atoms with van der Waals surface area (Å²) in [5, 5.41) is 2.36. The van der Waals surface area contributed by atoms with Gasteiger partial charge < -0.3 is 25.4 Å². The lowest BCUT2D eigenvalue weighted by atomic mass is 9.96. The maximum atomic E-state index is 12.4. The minimum Gasteiger partial charge on any atom is -0.467 e. The van der Waals surface area contributed by atoms with E-state index in [-0.39, 0.29) is 24.2 Å². The number of ether oxygens (including phenoxy) is 2. The molecule has 1 aliphatic rings. The number of nitrogens with one attached hydrogen (secondary N) is 1. The number of nitrogens with two attached hydrogens (primary N) is 1. The number of amides is 3. The second kappa shape index (κ2) is 8.68. The number of nitrogens with zero attached hydrogens (tertiary/aromatic N) is 1. The molecule has 142 valence electrons. The average molecular weight is 357 g/mol. The molecule has 3 N–H and O–H groups in total. The van der Waals surface area contributed by atoms with Crippen molar-refractivity contribution >= 4 is 23.9 Å². The molecular formula is C16H27N3O6. The molecule has 1 atom stereocenters. The van der Waals surface area contributed by atoms with Gasteiger partial charge in [0.2, 0.25) is 11.8 Å². The Hall–Kier alpha value is -2.32. The first-order valence-electron chi connectivity index (χ1n) is 8.18. The van der Waals surface area contributed by atoms with Gasteiger partial charge in [-0.15, -0.1) is 0 Å². The Labute approximate surface area is 147 Å². The number of hydrogen-bond donors (Lipinski definition) is 2. The van der Waals surface area contributed by atoms with E-state index < -0.39 is 23.7 Å². The molecule has 1 saturated heterocycles. The van der Waals surface area contributed by atoms with Gasteiger partial charge in [-0.1, -0.05) is 0 Å². The van der Waals surface area contributed by atoms with Crippen molar-refractivity contribution < 1.29 is 28.7 Å². The molecule has 9 heteroatoms. The molecule has 25 heavy (non-hydrogen) atoms. The second-order valence-electron chi connectivity index (χ2n) is 6.98. The molecule has 1 aliphatic heterocycles. The van der Waals surface area contributed by atoms with Crippen molar-refractivity contribution in [3.63, 3.8) is 0 Å². The van der Waals surface area contributed by atoms with Crippen LogP contribution in [0.2, 0.25) is 0 Å². The minimum absolute atomic E-state index is 0.236. The van der Waals surface area contributed by atoms with Gasteiger partial charge in [-0.25, -0.2) is 9.59 Å². The normalized spacial score (nSPS) is 16.7. The quantitative estimate of drug-likeness (QED) is 0.675. The number of likely N-dealkylation sites (tertiary alicyclic amines) is 1. The summed E-state index contributed by atoms with van der Waals surface area (Å²) in [6.07, 6.45) is -0.0665. The monoisotopic (exact) mass is 357 g/mol. The summed E-state index contributed by atoms with van der Waals surface area (Å²) in [6.45, 7) is 5.83. The number of rotatable bonds is 5. The second-order valence-corrected chi connectivity index (χ2v) is 6.98. The third-order valence-corrected chi connectivity index (χ3v) is 3.81. The molecule has 0 saturated carbocycles. The van der Waals surface area contributed by atoms with Crippen LogP contribution in [-0.4, -0.2) is 60.6 Å². The van der Waals surface area contributed by atoms with Crippen LogP contribution in [0.3, 0.4) is 0 Å². The first-order chi connectivity index (χ1) is 11.5. The average Bonchev–Trinajstić information content (AvgIpc) is 2.51. The van der Waals surface area contributed by atoms with Gasteiger partial charge in [-0.3, -0.25) is 9.59 Å². The van der Waals surface area contributed by atoms with Crippen molar-refractivity contribution in [2.24, 2.45) is 11.7 Å². The number of alkyl carbamates (subject to hydrolysis) is 1. The lowest BCUT2D eigenvalue weighted by Gasteiger charge is -2.31. The van der Waals surface area contributed by atoms with Crippen LogP contribution in [0, 0.1) is 5.92 Å². The van der Waals surface area contributed by atoms with E-state index in [1.165, 1.54) is 7.11 Å². The zero-order valence-electron chi connectivity index (χ0n) is 15.2. The fourth-order valence-corrected chi connectivity index (χ4v) is 2.50. The number of piperidine rings is 1. The maximum absolute atomic E-state index is 12.4. The van der Waals surface area contributed by atoms with Crippen LogP contribution in [0.4, 0.5) is 4.79 Å². The van der Waals surface area contributed by atoms with E-state index in [1.807, 2.05) is 0 Å². The Morgan fingerprint density at radius 2 is 1.76 bits per heavy atom. The molecular weight excluding hydrogens is 330 g/mol. The van der Waals surface area contributed by atoms with Crippen LogP contribution in [-0.2, 0) is 23.9 Å². The molecule has 1 unspecified atom stereocenters. The largest absolute Gasteiger partial charge is 0.467 e. The van der Waals surface area contributed by atoms with E-state index in [0.717, 1.165) is 0 Å². The summed E-state index contributed by atoms with van der Waals surface area (Å²) >= 11 is 0. The van der Waals surface area contributed by atoms with E-state index in [2.05, 4.69) is 10.1 Å². The molecule has 0 bridgehead atoms. The number of primary amides is 1. The molecule has 3 amide bonds. The predicted molar refractivity (Wildman–Crippen MR) is 88.3 cm³/mol. The summed E-state index contributed by atoms with van der Waals surface area (Å²) in [7, 11) is 1.18. The van der Waals surface area contributed by atoms with E-state index in [0.29, 0.717) is 25.9 Å². The van der Waals surface area contributed by atoms with Crippen molar-refractivity contribution in [3.05, 3.63) is 0 Å². The van der Waals surface area contributed by atoms with Crippen molar-refractivity contribution in [3.8, 4) is 0 Å². The van der Waals surface area contributed by atoms with E-state index in [4.69, 9.17) is 10.5 Å². The predicted octanol–water partition coefficient (Wildman–Crippen LogP) is 0.167. The van der Waals surface area contributed by atoms with Gasteiger partial charge in [-0.2, -0.15) is 0 Å². The highest BCUT2D eigenvalue weighted by molar-refractivity contribution is 5.88. The summed E-state index contributed by atoms with van der Waals surface area (Å²) in [5.41, 5.74) is 4.54. The van der Waals surface area contributed by atoms with Crippen LogP contribution >= 0.6 is 0 Å². The van der Waals surface area contributed by atoms with Gasteiger partial charge >= 0.3 is 12.1 Å². The van der Waals surface area contributed by atoms with Gasteiger partial charge in [0.25, 0.3) is 0 Å². The first-order valence-corrected chi connectivity index (χ1v) is 8.18. The van der Waals surface area contributed by atoms with Gasteiger partial charge in [0, 0.05) is 19.0 Å². The number of carbonyl (C=O) groups is 4. The lowest BCUT2D eigenvalue weighted by molar-refractivity contribution is -0.146. The van der Waals surface area contributed by atoms with Crippen LogP contribution in [0.15, 0.2) is 0 Å². The zero-order valence-corrected chi connectivity index (χ0v) is 15.2. The van der Waals surface area contributed by atoms with Crippen molar-refractivity contribution in [2.75, 3.05) is 20.2 Å². The molecule has 0 aromatic heterocycles. The van der Waals surface area contributed by atoms with Crippen LogP contribution in [0.25, 0.3) is 0 Å². The van der Waals surface area contributed by atoms with Gasteiger partial charge in [0.05, 0.1) is 13.5 Å². The Morgan fingerprint density at radius 3 is 2.20 bits per heavy atom. The molecule has 0 aromatic rings. The molecule has 0 radical (unpaired) electrons. The topological polar surface area (TPSA) is 128 Å². The highest BCUT2D eigenvalue weighted by atomic mass is 16.6. The Bertz CT molecular complexity index is 520. The number of esters is 1. The van der Waals surface area contributed by atoms with Crippen LogP contribution in [0.5, 0.6) is 0 Å². The number of hydrogen-bond acceptors (Lipinski definition) is 6. The summed E-state index contributed by atoms with van der Waals surface area (Å²) in [4.78, 5) is 48.8. The Kier molecular flexibility index (Phi) is 7.20. The molecule has 1 heterocycles. The van der Waals surface area contributed by atoms with E-state index in [9.17, 15) is 19.2 Å². The van der Waals surface area contributed by atoms with Gasteiger partial charge in [0.15, 0.2) is 0 Å². The standard InChI is InChI=1S/C16H27N3O6/c1-16(2,3)25-15(23)18-11(14(22)24-4)9-12(20)19-7-5-10(6-8-19)13(17)21/h10-11H,5-9H2,1-4H3,(H2,17,21)(H,18,23). The molecule has 1 rings (SSSR count). The van der Waals surface area contributed by atoms with Crippen LogP contribution < -0.4 is 11.1 Å². The Morgan fingerprint density at radius 1 is 1.20 bits per heavy atom. The van der Waals surface area contributed by atoms with E-state index in [1.54, 1.807) is 25.7 Å². The fraction of sp³-hybridized carbons (Fsp3) is 0.750. The highest BCUT2D eigenvalue weighted by Gasteiger charge is 2.31.